The van der Waals surface area contributed by atoms with E-state index in [-0.39, 0.29) is 0 Å². The third kappa shape index (κ3) is 3.39. The summed E-state index contributed by atoms with van der Waals surface area (Å²) in [7, 11) is 0. The zero-order valence-corrected chi connectivity index (χ0v) is 13.2. The van der Waals surface area contributed by atoms with Gasteiger partial charge in [-0.15, -0.1) is 11.3 Å². The Morgan fingerprint density at radius 3 is 2.74 bits per heavy atom. The second-order valence-electron chi connectivity index (χ2n) is 5.62. The van der Waals surface area contributed by atoms with E-state index in [0.29, 0.717) is 18.0 Å². The molecule has 2 nitrogen and oxygen atoms in total. The maximum Gasteiger partial charge on any atom is 0.0441 e. The number of nitrogens with zero attached hydrogens (tertiary/aromatic N) is 1. The van der Waals surface area contributed by atoms with E-state index in [1.165, 1.54) is 37.0 Å². The summed E-state index contributed by atoms with van der Waals surface area (Å²) in [6, 6.07) is 5.75. The van der Waals surface area contributed by atoms with Gasteiger partial charge in [0.1, 0.15) is 0 Å². The zero-order chi connectivity index (χ0) is 13.7. The minimum Gasteiger partial charge on any atom is -0.330 e. The van der Waals surface area contributed by atoms with Gasteiger partial charge in [-0.1, -0.05) is 32.8 Å². The smallest absolute Gasteiger partial charge is 0.0441 e. The Kier molecular flexibility index (Phi) is 5.86. The summed E-state index contributed by atoms with van der Waals surface area (Å²) in [5.74, 6) is 0.697. The van der Waals surface area contributed by atoms with Crippen molar-refractivity contribution in [2.75, 3.05) is 13.1 Å². The molecule has 2 rings (SSSR count). The molecule has 1 aromatic heterocycles. The van der Waals surface area contributed by atoms with Gasteiger partial charge in [-0.25, -0.2) is 0 Å². The first-order chi connectivity index (χ1) is 9.31. The van der Waals surface area contributed by atoms with Crippen molar-refractivity contribution in [2.24, 2.45) is 11.7 Å². The van der Waals surface area contributed by atoms with Crippen LogP contribution in [0.5, 0.6) is 0 Å². The molecular weight excluding hydrogens is 252 g/mol. The summed E-state index contributed by atoms with van der Waals surface area (Å²) >= 11 is 1.90. The minimum atomic E-state index is 0.585. The van der Waals surface area contributed by atoms with Crippen molar-refractivity contribution >= 4 is 11.3 Å². The fourth-order valence-electron chi connectivity index (χ4n) is 3.67. The summed E-state index contributed by atoms with van der Waals surface area (Å²) in [5, 5.41) is 2.20. The van der Waals surface area contributed by atoms with Crippen LogP contribution in [0.2, 0.25) is 0 Å². The van der Waals surface area contributed by atoms with Gasteiger partial charge in [0.25, 0.3) is 0 Å². The summed E-state index contributed by atoms with van der Waals surface area (Å²) in [4.78, 5) is 4.24. The molecule has 0 aromatic carbocycles. The van der Waals surface area contributed by atoms with Gasteiger partial charge in [0.2, 0.25) is 0 Å². The van der Waals surface area contributed by atoms with Crippen molar-refractivity contribution in [1.29, 1.82) is 0 Å². The second kappa shape index (κ2) is 7.41. The average Bonchev–Trinajstić information content (AvgIpc) is 2.98. The first kappa shape index (κ1) is 15.0. The van der Waals surface area contributed by atoms with Crippen molar-refractivity contribution in [3.8, 4) is 0 Å². The highest BCUT2D eigenvalue weighted by Crippen LogP contribution is 2.36. The van der Waals surface area contributed by atoms with E-state index in [4.69, 9.17) is 5.73 Å². The van der Waals surface area contributed by atoms with E-state index < -0.39 is 0 Å². The van der Waals surface area contributed by atoms with Gasteiger partial charge >= 0.3 is 0 Å². The minimum absolute atomic E-state index is 0.585. The van der Waals surface area contributed by atoms with Crippen LogP contribution >= 0.6 is 11.3 Å². The Morgan fingerprint density at radius 2 is 2.16 bits per heavy atom. The largest absolute Gasteiger partial charge is 0.330 e. The molecule has 1 heterocycles. The Balaban J connectivity index is 2.16. The molecule has 3 unspecified atom stereocenters. The van der Waals surface area contributed by atoms with Gasteiger partial charge in [0.15, 0.2) is 0 Å². The van der Waals surface area contributed by atoms with E-state index >= 15 is 0 Å². The third-order valence-electron chi connectivity index (χ3n) is 4.62. The lowest BCUT2D eigenvalue weighted by Gasteiger charge is -2.43. The van der Waals surface area contributed by atoms with Crippen molar-refractivity contribution in [2.45, 2.75) is 58.0 Å². The highest BCUT2D eigenvalue weighted by molar-refractivity contribution is 7.10. The number of hydrogen-bond donors (Lipinski definition) is 1. The molecule has 3 heteroatoms. The van der Waals surface area contributed by atoms with Crippen LogP contribution in [0.15, 0.2) is 17.5 Å². The number of nitrogens with two attached hydrogens (primary N) is 1. The number of hydrogen-bond acceptors (Lipinski definition) is 3. The molecule has 0 aliphatic heterocycles. The molecule has 0 spiro atoms. The van der Waals surface area contributed by atoms with Gasteiger partial charge in [0.05, 0.1) is 0 Å². The summed E-state index contributed by atoms with van der Waals surface area (Å²) < 4.78 is 0. The molecule has 1 aliphatic rings. The van der Waals surface area contributed by atoms with Crippen LogP contribution in [0.4, 0.5) is 0 Å². The van der Waals surface area contributed by atoms with E-state index in [1.807, 2.05) is 11.3 Å². The Morgan fingerprint density at radius 1 is 1.37 bits per heavy atom. The molecule has 0 amide bonds. The van der Waals surface area contributed by atoms with Crippen LogP contribution in [0, 0.1) is 5.92 Å². The van der Waals surface area contributed by atoms with Crippen LogP contribution in [0.1, 0.15) is 56.9 Å². The van der Waals surface area contributed by atoms with E-state index in [2.05, 4.69) is 36.3 Å². The molecule has 108 valence electrons. The summed E-state index contributed by atoms with van der Waals surface area (Å²) in [5.41, 5.74) is 6.02. The Hall–Kier alpha value is -0.380. The van der Waals surface area contributed by atoms with Crippen molar-refractivity contribution in [1.82, 2.24) is 4.90 Å². The lowest BCUT2D eigenvalue weighted by Crippen LogP contribution is -2.46. The van der Waals surface area contributed by atoms with Crippen molar-refractivity contribution < 1.29 is 0 Å². The molecule has 1 fully saturated rings. The van der Waals surface area contributed by atoms with Crippen LogP contribution in [0.3, 0.4) is 0 Å². The van der Waals surface area contributed by atoms with Crippen LogP contribution in [-0.2, 0) is 0 Å². The standard InChI is InChI=1S/C16H28N2S/c1-3-14(16-10-7-11-19-16)18(4-2)15-9-6-5-8-13(15)12-17/h7,10-11,13-15H,3-6,8-9,12,17H2,1-2H3. The topological polar surface area (TPSA) is 29.3 Å². The molecular formula is C16H28N2S. The number of rotatable bonds is 6. The predicted octanol–water partition coefficient (Wildman–Crippen LogP) is 4.04. The molecule has 2 N–H and O–H groups in total. The Bertz CT molecular complexity index is 350. The van der Waals surface area contributed by atoms with Crippen LogP contribution < -0.4 is 5.73 Å². The van der Waals surface area contributed by atoms with E-state index in [0.717, 1.165) is 13.1 Å². The molecule has 0 bridgehead atoms. The van der Waals surface area contributed by atoms with Crippen LogP contribution in [0.25, 0.3) is 0 Å². The first-order valence-electron chi connectivity index (χ1n) is 7.81. The first-order valence-corrected chi connectivity index (χ1v) is 8.68. The Labute approximate surface area is 122 Å². The summed E-state index contributed by atoms with van der Waals surface area (Å²) in [6.07, 6.45) is 6.59. The van der Waals surface area contributed by atoms with Gasteiger partial charge in [0, 0.05) is 17.0 Å². The highest BCUT2D eigenvalue weighted by atomic mass is 32.1. The molecule has 1 aromatic rings. The molecule has 0 radical (unpaired) electrons. The third-order valence-corrected chi connectivity index (χ3v) is 5.60. The molecule has 1 saturated carbocycles. The fraction of sp³-hybridized carbons (Fsp3) is 0.750. The molecule has 0 saturated heterocycles. The zero-order valence-electron chi connectivity index (χ0n) is 12.3. The van der Waals surface area contributed by atoms with E-state index in [1.54, 1.807) is 0 Å². The quantitative estimate of drug-likeness (QED) is 0.852. The van der Waals surface area contributed by atoms with Crippen molar-refractivity contribution in [3.05, 3.63) is 22.4 Å². The van der Waals surface area contributed by atoms with Crippen LogP contribution in [-0.4, -0.2) is 24.0 Å². The lowest BCUT2D eigenvalue weighted by molar-refractivity contribution is 0.0692. The van der Waals surface area contributed by atoms with Gasteiger partial charge in [-0.3, -0.25) is 4.90 Å². The maximum absolute atomic E-state index is 6.02. The average molecular weight is 280 g/mol. The fourth-order valence-corrected chi connectivity index (χ4v) is 4.60. The predicted molar refractivity (Wildman–Crippen MR) is 84.5 cm³/mol. The monoisotopic (exact) mass is 280 g/mol. The molecule has 1 aliphatic carbocycles. The second-order valence-corrected chi connectivity index (χ2v) is 6.60. The van der Waals surface area contributed by atoms with Crippen molar-refractivity contribution in [3.63, 3.8) is 0 Å². The van der Waals surface area contributed by atoms with Gasteiger partial charge < -0.3 is 5.73 Å². The van der Waals surface area contributed by atoms with Gasteiger partial charge in [-0.05, 0) is 49.7 Å². The highest BCUT2D eigenvalue weighted by Gasteiger charge is 2.32. The van der Waals surface area contributed by atoms with Gasteiger partial charge in [-0.2, -0.15) is 0 Å². The molecule has 19 heavy (non-hydrogen) atoms. The molecule has 3 atom stereocenters. The number of thiophene rings is 1. The van der Waals surface area contributed by atoms with E-state index in [9.17, 15) is 0 Å². The normalized spacial score (nSPS) is 25.7. The summed E-state index contributed by atoms with van der Waals surface area (Å²) in [6.45, 7) is 6.60. The maximum atomic E-state index is 6.02. The SMILES string of the molecule is CCC(c1cccs1)N(CC)C1CCCCC1CN. The lowest BCUT2D eigenvalue weighted by atomic mass is 9.82.